The van der Waals surface area contributed by atoms with Crippen LogP contribution in [0.3, 0.4) is 0 Å². The minimum atomic E-state index is -0.454. The lowest BCUT2D eigenvalue weighted by Crippen LogP contribution is -2.41. The number of methoxy groups -OCH3 is 1. The number of hydrogen-bond acceptors (Lipinski definition) is 4. The predicted octanol–water partition coefficient (Wildman–Crippen LogP) is 2.73. The summed E-state index contributed by atoms with van der Waals surface area (Å²) in [7, 11) is 1.14. The van der Waals surface area contributed by atoms with Crippen molar-refractivity contribution in [2.45, 2.75) is 38.9 Å². The van der Waals surface area contributed by atoms with E-state index in [9.17, 15) is 0 Å². The van der Waals surface area contributed by atoms with Gasteiger partial charge in [-0.2, -0.15) is 0 Å². The zero-order chi connectivity index (χ0) is 15.0. The fourth-order valence-corrected chi connectivity index (χ4v) is 2.31. The van der Waals surface area contributed by atoms with Crippen LogP contribution >= 0.6 is 15.9 Å². The van der Waals surface area contributed by atoms with Gasteiger partial charge in [0.05, 0.1) is 11.2 Å². The molecule has 0 radical (unpaired) electrons. The molecule has 0 aromatic heterocycles. The highest BCUT2D eigenvalue weighted by Gasteiger charge is 2.52. The van der Waals surface area contributed by atoms with E-state index in [0.29, 0.717) is 5.75 Å². The van der Waals surface area contributed by atoms with E-state index in [-0.39, 0.29) is 18.0 Å². The minimum absolute atomic E-state index is 0.189. The monoisotopic (exact) mass is 342 g/mol. The van der Waals surface area contributed by atoms with Crippen LogP contribution in [-0.2, 0) is 14.0 Å². The third kappa shape index (κ3) is 3.03. The van der Waals surface area contributed by atoms with Crippen molar-refractivity contribution in [2.24, 2.45) is 0 Å². The fraction of sp³-hybridized carbons (Fsp3) is 0.571. The van der Waals surface area contributed by atoms with Crippen molar-refractivity contribution in [3.8, 4) is 5.75 Å². The summed E-state index contributed by atoms with van der Waals surface area (Å²) in [5.41, 5.74) is 0.104. The molecule has 1 fully saturated rings. The van der Waals surface area contributed by atoms with Crippen LogP contribution in [0.2, 0.25) is 0 Å². The summed E-state index contributed by atoms with van der Waals surface area (Å²) in [4.78, 5) is 0. The highest BCUT2D eigenvalue weighted by molar-refractivity contribution is 9.10. The molecule has 0 N–H and O–H groups in total. The number of halogens is 1. The van der Waals surface area contributed by atoms with Gasteiger partial charge in [-0.1, -0.05) is 15.9 Å². The highest BCUT2D eigenvalue weighted by Crippen LogP contribution is 2.37. The van der Waals surface area contributed by atoms with Crippen molar-refractivity contribution >= 4 is 28.5 Å². The molecule has 0 amide bonds. The Kier molecular flexibility index (Phi) is 4.49. The Balaban J connectivity index is 2.31. The molecule has 0 spiro atoms. The summed E-state index contributed by atoms with van der Waals surface area (Å²) >= 11 is 3.47. The van der Waals surface area contributed by atoms with Gasteiger partial charge in [-0.3, -0.25) is 0 Å². The maximum atomic E-state index is 6.06. The van der Waals surface area contributed by atoms with Gasteiger partial charge in [0.15, 0.2) is 6.79 Å². The number of rotatable bonds is 4. The molecule has 1 aliphatic rings. The van der Waals surface area contributed by atoms with Crippen molar-refractivity contribution in [2.75, 3.05) is 13.9 Å². The van der Waals surface area contributed by atoms with E-state index in [0.717, 1.165) is 9.94 Å². The van der Waals surface area contributed by atoms with Crippen molar-refractivity contribution in [3.05, 3.63) is 22.7 Å². The maximum Gasteiger partial charge on any atom is 0.498 e. The fourth-order valence-electron chi connectivity index (χ4n) is 1.93. The van der Waals surface area contributed by atoms with E-state index in [1.54, 1.807) is 7.11 Å². The third-order valence-electron chi connectivity index (χ3n) is 3.81. The Labute approximate surface area is 129 Å². The Bertz CT molecular complexity index is 474. The van der Waals surface area contributed by atoms with Gasteiger partial charge in [-0.25, -0.2) is 0 Å². The van der Waals surface area contributed by atoms with Gasteiger partial charge in [-0.05, 0) is 45.9 Å². The van der Waals surface area contributed by atoms with Crippen molar-refractivity contribution < 1.29 is 18.8 Å². The second-order valence-electron chi connectivity index (χ2n) is 5.82. The zero-order valence-electron chi connectivity index (χ0n) is 12.5. The molecule has 1 aromatic rings. The van der Waals surface area contributed by atoms with E-state index < -0.39 is 7.12 Å². The van der Waals surface area contributed by atoms with E-state index >= 15 is 0 Å². The van der Waals surface area contributed by atoms with Gasteiger partial charge in [0, 0.05) is 17.0 Å². The van der Waals surface area contributed by atoms with Crippen molar-refractivity contribution in [1.29, 1.82) is 0 Å². The van der Waals surface area contributed by atoms with E-state index in [1.165, 1.54) is 0 Å². The second kappa shape index (κ2) is 5.68. The van der Waals surface area contributed by atoms with Crippen molar-refractivity contribution in [3.63, 3.8) is 0 Å². The number of benzene rings is 1. The molecule has 20 heavy (non-hydrogen) atoms. The first-order valence-corrected chi connectivity index (χ1v) is 7.33. The molecule has 1 aromatic carbocycles. The largest absolute Gasteiger partial charge is 0.498 e. The van der Waals surface area contributed by atoms with Crippen molar-refractivity contribution in [1.82, 2.24) is 0 Å². The average molecular weight is 343 g/mol. The summed E-state index contributed by atoms with van der Waals surface area (Å²) in [6.45, 7) is 8.30. The molecule has 1 aliphatic heterocycles. The van der Waals surface area contributed by atoms with E-state index in [1.807, 2.05) is 45.9 Å². The molecule has 0 unspecified atom stereocenters. The molecule has 0 saturated carbocycles. The summed E-state index contributed by atoms with van der Waals surface area (Å²) in [5, 5.41) is 0. The van der Waals surface area contributed by atoms with Gasteiger partial charge in [-0.15, -0.1) is 0 Å². The molecule has 4 nitrogen and oxygen atoms in total. The molecular formula is C14H20BBrO4. The van der Waals surface area contributed by atoms with Crippen LogP contribution in [0.1, 0.15) is 27.7 Å². The van der Waals surface area contributed by atoms with Crippen LogP contribution < -0.4 is 10.2 Å². The van der Waals surface area contributed by atoms with Crippen LogP contribution in [0.15, 0.2) is 22.7 Å². The van der Waals surface area contributed by atoms with Crippen LogP contribution in [0.5, 0.6) is 5.75 Å². The highest BCUT2D eigenvalue weighted by atomic mass is 79.9. The van der Waals surface area contributed by atoms with Crippen LogP contribution in [0.4, 0.5) is 0 Å². The molecule has 1 heterocycles. The van der Waals surface area contributed by atoms with Crippen LogP contribution in [-0.4, -0.2) is 32.2 Å². The zero-order valence-corrected chi connectivity index (χ0v) is 14.1. The third-order valence-corrected chi connectivity index (χ3v) is 4.30. The first-order chi connectivity index (χ1) is 9.27. The molecule has 2 rings (SSSR count). The van der Waals surface area contributed by atoms with Crippen LogP contribution in [0, 0.1) is 0 Å². The lowest BCUT2D eigenvalue weighted by molar-refractivity contribution is 0.00578. The Hall–Kier alpha value is -0.555. The summed E-state index contributed by atoms with van der Waals surface area (Å²) in [6.07, 6.45) is 0. The number of hydrogen-bond donors (Lipinski definition) is 0. The molecule has 0 atom stereocenters. The summed E-state index contributed by atoms with van der Waals surface area (Å²) in [5.74, 6) is 0.702. The molecule has 1 saturated heterocycles. The Morgan fingerprint density at radius 2 is 1.75 bits per heavy atom. The van der Waals surface area contributed by atoms with Crippen LogP contribution in [0.25, 0.3) is 0 Å². The van der Waals surface area contributed by atoms with Gasteiger partial charge < -0.3 is 18.8 Å². The standard InChI is InChI=1S/C14H20BBrO4/c1-13(2)14(3,4)20-15(19-13)11-8-10(16)6-7-12(11)18-9-17-5/h6-8H,9H2,1-5H3. The van der Waals surface area contributed by atoms with Gasteiger partial charge in [0.1, 0.15) is 5.75 Å². The Morgan fingerprint density at radius 1 is 1.15 bits per heavy atom. The summed E-state index contributed by atoms with van der Waals surface area (Å²) < 4.78 is 23.6. The van der Waals surface area contributed by atoms with Gasteiger partial charge >= 0.3 is 7.12 Å². The molecule has 6 heteroatoms. The first-order valence-electron chi connectivity index (χ1n) is 6.54. The van der Waals surface area contributed by atoms with E-state index in [2.05, 4.69) is 15.9 Å². The smallest absolute Gasteiger partial charge is 0.468 e. The normalized spacial score (nSPS) is 20.2. The first kappa shape index (κ1) is 15.8. The lowest BCUT2D eigenvalue weighted by Gasteiger charge is -2.32. The predicted molar refractivity (Wildman–Crippen MR) is 82.4 cm³/mol. The number of ether oxygens (including phenoxy) is 2. The maximum absolute atomic E-state index is 6.06. The molecule has 110 valence electrons. The SMILES string of the molecule is COCOc1ccc(Br)cc1B1OC(C)(C)C(C)(C)O1. The van der Waals surface area contributed by atoms with Gasteiger partial charge in [0.25, 0.3) is 0 Å². The lowest BCUT2D eigenvalue weighted by atomic mass is 9.78. The minimum Gasteiger partial charge on any atom is -0.468 e. The van der Waals surface area contributed by atoms with E-state index in [4.69, 9.17) is 18.8 Å². The average Bonchev–Trinajstić information content (AvgIpc) is 2.57. The molecular weight excluding hydrogens is 323 g/mol. The second-order valence-corrected chi connectivity index (χ2v) is 6.74. The Morgan fingerprint density at radius 3 is 2.30 bits per heavy atom. The molecule has 0 aliphatic carbocycles. The molecule has 0 bridgehead atoms. The quantitative estimate of drug-likeness (QED) is 0.622. The summed E-state index contributed by atoms with van der Waals surface area (Å²) in [6, 6.07) is 5.75. The topological polar surface area (TPSA) is 36.9 Å². The van der Waals surface area contributed by atoms with Gasteiger partial charge in [0.2, 0.25) is 0 Å².